The van der Waals surface area contributed by atoms with Crippen molar-refractivity contribution in [1.82, 2.24) is 4.90 Å². The molecule has 0 spiro atoms. The molecule has 126 valence electrons. The van der Waals surface area contributed by atoms with Crippen LogP contribution in [0.15, 0.2) is 0 Å². The summed E-state index contributed by atoms with van der Waals surface area (Å²) in [6, 6.07) is 0. The van der Waals surface area contributed by atoms with Crippen LogP contribution in [0, 0.1) is 5.92 Å². The van der Waals surface area contributed by atoms with Crippen LogP contribution < -0.4 is 0 Å². The van der Waals surface area contributed by atoms with Gasteiger partial charge < -0.3 is 9.64 Å². The zero-order chi connectivity index (χ0) is 17.1. The molecule has 1 aliphatic rings. The second kappa shape index (κ2) is 11.6. The summed E-state index contributed by atoms with van der Waals surface area (Å²) in [6.07, 6.45) is 2.28. The fourth-order valence-electron chi connectivity index (χ4n) is 2.07. The van der Waals surface area contributed by atoms with Crippen molar-refractivity contribution < 1.29 is 14.3 Å². The van der Waals surface area contributed by atoms with Gasteiger partial charge in [0.25, 0.3) is 0 Å². The lowest BCUT2D eigenvalue weighted by Gasteiger charge is -2.31. The largest absolute Gasteiger partial charge is 0.460 e. The molecule has 0 atom stereocenters. The summed E-state index contributed by atoms with van der Waals surface area (Å²) in [5, 5.41) is 0. The highest BCUT2D eigenvalue weighted by atomic mass is 16.6. The van der Waals surface area contributed by atoms with E-state index in [9.17, 15) is 9.59 Å². The smallest absolute Gasteiger partial charge is 0.306 e. The lowest BCUT2D eigenvalue weighted by molar-refractivity contribution is -0.156. The summed E-state index contributed by atoms with van der Waals surface area (Å²) in [5.41, 5.74) is -0.406. The molecule has 0 N–H and O–H groups in total. The van der Waals surface area contributed by atoms with E-state index in [1.54, 1.807) is 6.92 Å². The summed E-state index contributed by atoms with van der Waals surface area (Å²) < 4.78 is 5.30. The van der Waals surface area contributed by atoms with Gasteiger partial charge in [-0.1, -0.05) is 27.7 Å². The van der Waals surface area contributed by atoms with Crippen LogP contribution in [0.1, 0.15) is 74.7 Å². The van der Waals surface area contributed by atoms with E-state index < -0.39 is 5.60 Å². The maximum Gasteiger partial charge on any atom is 0.306 e. The number of esters is 1. The number of likely N-dealkylation sites (tertiary alicyclic amines) is 1. The number of piperidine rings is 1. The lowest BCUT2D eigenvalue weighted by atomic mass is 9.93. The standard InChI is InChI=1S/C13H23NO3.2C2H6/c1-10(15)14-7-5-11(6-8-14)9-12(16)17-13(2,3)4;2*1-2/h11H,5-9H2,1-4H3;2*1-2H3. The van der Waals surface area contributed by atoms with Crippen molar-refractivity contribution in [3.05, 3.63) is 0 Å². The second-order valence-electron chi connectivity index (χ2n) is 5.74. The first-order chi connectivity index (χ1) is 9.78. The van der Waals surface area contributed by atoms with Gasteiger partial charge in [0.2, 0.25) is 5.91 Å². The first kappa shape index (κ1) is 22.2. The van der Waals surface area contributed by atoms with Gasteiger partial charge in [-0.05, 0) is 39.5 Å². The third kappa shape index (κ3) is 11.3. The Bertz CT molecular complexity index is 287. The summed E-state index contributed by atoms with van der Waals surface area (Å²) in [5.74, 6) is 0.361. The van der Waals surface area contributed by atoms with E-state index in [1.165, 1.54) is 0 Å². The molecule has 21 heavy (non-hydrogen) atoms. The Kier molecular flexibility index (Phi) is 12.3. The number of carbonyl (C=O) groups excluding carboxylic acids is 2. The number of hydrogen-bond donors (Lipinski definition) is 0. The number of hydrogen-bond acceptors (Lipinski definition) is 3. The van der Waals surface area contributed by atoms with Crippen molar-refractivity contribution in [2.75, 3.05) is 13.1 Å². The molecule has 1 heterocycles. The lowest BCUT2D eigenvalue weighted by Crippen LogP contribution is -2.38. The average Bonchev–Trinajstić information content (AvgIpc) is 2.41. The third-order valence-corrected chi connectivity index (χ3v) is 2.94. The molecule has 1 fully saturated rings. The summed E-state index contributed by atoms with van der Waals surface area (Å²) in [6.45, 7) is 16.8. The van der Waals surface area contributed by atoms with Gasteiger partial charge in [0.05, 0.1) is 0 Å². The summed E-state index contributed by atoms with van der Waals surface area (Å²) in [4.78, 5) is 24.6. The Labute approximate surface area is 131 Å². The number of rotatable bonds is 2. The molecule has 1 aliphatic heterocycles. The fraction of sp³-hybridized carbons (Fsp3) is 0.882. The maximum atomic E-state index is 11.6. The summed E-state index contributed by atoms with van der Waals surface area (Å²) in [7, 11) is 0. The van der Waals surface area contributed by atoms with Crippen molar-refractivity contribution in [3.63, 3.8) is 0 Å². The third-order valence-electron chi connectivity index (χ3n) is 2.94. The van der Waals surface area contributed by atoms with E-state index in [-0.39, 0.29) is 11.9 Å². The molecule has 1 amide bonds. The van der Waals surface area contributed by atoms with E-state index >= 15 is 0 Å². The van der Waals surface area contributed by atoms with Crippen LogP contribution in [0.3, 0.4) is 0 Å². The molecule has 0 aliphatic carbocycles. The monoisotopic (exact) mass is 301 g/mol. The van der Waals surface area contributed by atoms with E-state index in [0.717, 1.165) is 25.9 Å². The van der Waals surface area contributed by atoms with Gasteiger partial charge in [0.1, 0.15) is 5.60 Å². The Morgan fingerprint density at radius 3 is 1.81 bits per heavy atom. The van der Waals surface area contributed by atoms with Gasteiger partial charge in [-0.25, -0.2) is 0 Å². The van der Waals surface area contributed by atoms with Gasteiger partial charge in [-0.15, -0.1) is 0 Å². The maximum absolute atomic E-state index is 11.6. The van der Waals surface area contributed by atoms with Crippen LogP contribution in [0.5, 0.6) is 0 Å². The van der Waals surface area contributed by atoms with Crippen LogP contribution in [0.25, 0.3) is 0 Å². The van der Waals surface area contributed by atoms with Crippen molar-refractivity contribution in [2.24, 2.45) is 5.92 Å². The average molecular weight is 301 g/mol. The molecular weight excluding hydrogens is 266 g/mol. The summed E-state index contributed by atoms with van der Waals surface area (Å²) >= 11 is 0. The predicted molar refractivity (Wildman–Crippen MR) is 88.1 cm³/mol. The van der Waals surface area contributed by atoms with Gasteiger partial charge in [0.15, 0.2) is 0 Å². The molecule has 0 aromatic rings. The topological polar surface area (TPSA) is 46.6 Å². The minimum atomic E-state index is -0.406. The van der Waals surface area contributed by atoms with E-state index in [0.29, 0.717) is 12.3 Å². The minimum absolute atomic E-state index is 0.126. The molecule has 4 heteroatoms. The Morgan fingerprint density at radius 2 is 1.48 bits per heavy atom. The Hall–Kier alpha value is -1.06. The Morgan fingerprint density at radius 1 is 1.05 bits per heavy atom. The van der Waals surface area contributed by atoms with Gasteiger partial charge in [-0.2, -0.15) is 0 Å². The van der Waals surface area contributed by atoms with Crippen molar-refractivity contribution >= 4 is 11.9 Å². The second-order valence-corrected chi connectivity index (χ2v) is 5.74. The van der Waals surface area contributed by atoms with Crippen LogP contribution in [-0.4, -0.2) is 35.5 Å². The van der Waals surface area contributed by atoms with Crippen molar-refractivity contribution in [1.29, 1.82) is 0 Å². The molecule has 0 unspecified atom stereocenters. The molecule has 0 aromatic heterocycles. The van der Waals surface area contributed by atoms with E-state index in [1.807, 2.05) is 53.4 Å². The van der Waals surface area contributed by atoms with E-state index in [4.69, 9.17) is 4.74 Å². The molecule has 1 saturated heterocycles. The first-order valence-corrected chi connectivity index (χ1v) is 8.25. The first-order valence-electron chi connectivity index (χ1n) is 8.25. The predicted octanol–water partition coefficient (Wildman–Crippen LogP) is 4.03. The molecule has 0 aromatic carbocycles. The van der Waals surface area contributed by atoms with Gasteiger partial charge >= 0.3 is 5.97 Å². The number of amides is 1. The number of ether oxygens (including phenoxy) is 1. The van der Waals surface area contributed by atoms with Gasteiger partial charge in [0, 0.05) is 26.4 Å². The molecule has 1 rings (SSSR count). The SMILES string of the molecule is CC.CC.CC(=O)N1CCC(CC(=O)OC(C)(C)C)CC1. The molecule has 0 bridgehead atoms. The highest BCUT2D eigenvalue weighted by Crippen LogP contribution is 2.22. The van der Waals surface area contributed by atoms with Crippen molar-refractivity contribution in [3.8, 4) is 0 Å². The normalized spacial score (nSPS) is 15.1. The molecule has 0 saturated carbocycles. The van der Waals surface area contributed by atoms with Crippen LogP contribution in [0.2, 0.25) is 0 Å². The van der Waals surface area contributed by atoms with Crippen LogP contribution in [-0.2, 0) is 14.3 Å². The molecule has 4 nitrogen and oxygen atoms in total. The fourth-order valence-corrected chi connectivity index (χ4v) is 2.07. The zero-order valence-electron chi connectivity index (χ0n) is 15.3. The minimum Gasteiger partial charge on any atom is -0.460 e. The van der Waals surface area contributed by atoms with E-state index in [2.05, 4.69) is 0 Å². The highest BCUT2D eigenvalue weighted by molar-refractivity contribution is 5.73. The van der Waals surface area contributed by atoms with Crippen LogP contribution in [0.4, 0.5) is 0 Å². The number of carbonyl (C=O) groups is 2. The zero-order valence-corrected chi connectivity index (χ0v) is 15.3. The number of nitrogens with zero attached hydrogens (tertiary/aromatic N) is 1. The van der Waals surface area contributed by atoms with Crippen molar-refractivity contribution in [2.45, 2.75) is 80.3 Å². The van der Waals surface area contributed by atoms with Crippen LogP contribution >= 0.6 is 0 Å². The molecular formula is C17H35NO3. The Balaban J connectivity index is 0. The quantitative estimate of drug-likeness (QED) is 0.723. The molecule has 0 radical (unpaired) electrons. The van der Waals surface area contributed by atoms with Gasteiger partial charge in [-0.3, -0.25) is 9.59 Å². The highest BCUT2D eigenvalue weighted by Gasteiger charge is 2.25.